The van der Waals surface area contributed by atoms with Crippen LogP contribution in [-0.4, -0.2) is 16.3 Å². The van der Waals surface area contributed by atoms with Crippen LogP contribution >= 0.6 is 0 Å². The first-order valence-corrected chi connectivity index (χ1v) is 6.12. The SMILES string of the molecule is Cn1ccc(NCCCCc2ccccc2)n1. The van der Waals surface area contributed by atoms with E-state index in [4.69, 9.17) is 0 Å². The van der Waals surface area contributed by atoms with E-state index in [0.717, 1.165) is 18.8 Å². The third-order valence-corrected chi connectivity index (χ3v) is 2.75. The highest BCUT2D eigenvalue weighted by atomic mass is 15.3. The van der Waals surface area contributed by atoms with E-state index in [1.165, 1.54) is 18.4 Å². The van der Waals surface area contributed by atoms with Gasteiger partial charge in [0.2, 0.25) is 0 Å². The minimum absolute atomic E-state index is 0.965. The molecule has 0 radical (unpaired) electrons. The summed E-state index contributed by atoms with van der Waals surface area (Å²) in [7, 11) is 1.93. The van der Waals surface area contributed by atoms with Crippen molar-refractivity contribution in [2.24, 2.45) is 7.05 Å². The summed E-state index contributed by atoms with van der Waals surface area (Å²) < 4.78 is 1.81. The molecule has 0 amide bonds. The van der Waals surface area contributed by atoms with Gasteiger partial charge in [0.25, 0.3) is 0 Å². The minimum atomic E-state index is 0.965. The second-order valence-corrected chi connectivity index (χ2v) is 4.24. The molecule has 3 nitrogen and oxygen atoms in total. The van der Waals surface area contributed by atoms with Crippen LogP contribution in [0.1, 0.15) is 18.4 Å². The fourth-order valence-electron chi connectivity index (χ4n) is 1.82. The third kappa shape index (κ3) is 3.94. The fraction of sp³-hybridized carbons (Fsp3) is 0.357. The topological polar surface area (TPSA) is 29.9 Å². The molecule has 1 aromatic heterocycles. The lowest BCUT2D eigenvalue weighted by molar-refractivity contribution is 0.746. The second kappa shape index (κ2) is 6.09. The van der Waals surface area contributed by atoms with Crippen LogP contribution in [0.5, 0.6) is 0 Å². The van der Waals surface area contributed by atoms with E-state index < -0.39 is 0 Å². The molecule has 0 aliphatic carbocycles. The van der Waals surface area contributed by atoms with Crippen molar-refractivity contribution in [1.82, 2.24) is 9.78 Å². The molecule has 0 unspecified atom stereocenters. The lowest BCUT2D eigenvalue weighted by atomic mass is 10.1. The number of nitrogens with one attached hydrogen (secondary N) is 1. The van der Waals surface area contributed by atoms with E-state index in [1.807, 2.05) is 24.0 Å². The number of unbranched alkanes of at least 4 members (excludes halogenated alkanes) is 1. The van der Waals surface area contributed by atoms with Gasteiger partial charge in [-0.2, -0.15) is 5.10 Å². The predicted octanol–water partition coefficient (Wildman–Crippen LogP) is 2.85. The number of benzene rings is 1. The highest BCUT2D eigenvalue weighted by Gasteiger charge is 1.95. The molecular formula is C14H19N3. The largest absolute Gasteiger partial charge is 0.369 e. The summed E-state index contributed by atoms with van der Waals surface area (Å²) in [5.41, 5.74) is 1.42. The van der Waals surface area contributed by atoms with Crippen molar-refractivity contribution in [3.05, 3.63) is 48.2 Å². The molecule has 1 heterocycles. The predicted molar refractivity (Wildman–Crippen MR) is 71.1 cm³/mol. The standard InChI is InChI=1S/C14H19N3/c1-17-12-10-14(16-17)15-11-6-5-9-13-7-3-2-4-8-13/h2-4,7-8,10,12H,5-6,9,11H2,1H3,(H,15,16). The first kappa shape index (κ1) is 11.7. The van der Waals surface area contributed by atoms with Crippen LogP contribution in [-0.2, 0) is 13.5 Å². The maximum atomic E-state index is 4.27. The van der Waals surface area contributed by atoms with Crippen LogP contribution in [0.4, 0.5) is 5.82 Å². The summed E-state index contributed by atoms with van der Waals surface area (Å²) in [6.45, 7) is 0.990. The van der Waals surface area contributed by atoms with Crippen molar-refractivity contribution in [2.45, 2.75) is 19.3 Å². The molecule has 2 rings (SSSR count). The quantitative estimate of drug-likeness (QED) is 0.772. The van der Waals surface area contributed by atoms with Gasteiger partial charge >= 0.3 is 0 Å². The maximum Gasteiger partial charge on any atom is 0.147 e. The summed E-state index contributed by atoms with van der Waals surface area (Å²) in [5.74, 6) is 0.965. The van der Waals surface area contributed by atoms with Gasteiger partial charge in [-0.25, -0.2) is 0 Å². The molecule has 0 spiro atoms. The van der Waals surface area contributed by atoms with Gasteiger partial charge in [0, 0.05) is 25.9 Å². The smallest absolute Gasteiger partial charge is 0.147 e. The van der Waals surface area contributed by atoms with Crippen molar-refractivity contribution in [3.63, 3.8) is 0 Å². The van der Waals surface area contributed by atoms with Gasteiger partial charge in [0.05, 0.1) is 0 Å². The van der Waals surface area contributed by atoms with Crippen molar-refractivity contribution < 1.29 is 0 Å². The number of rotatable bonds is 6. The Kier molecular flexibility index (Phi) is 4.19. The van der Waals surface area contributed by atoms with Crippen molar-refractivity contribution in [1.29, 1.82) is 0 Å². The van der Waals surface area contributed by atoms with Crippen LogP contribution in [0, 0.1) is 0 Å². The van der Waals surface area contributed by atoms with E-state index in [1.54, 1.807) is 0 Å². The normalized spacial score (nSPS) is 10.4. The summed E-state index contributed by atoms with van der Waals surface area (Å²) in [6, 6.07) is 12.6. The Morgan fingerprint density at radius 3 is 2.65 bits per heavy atom. The van der Waals surface area contributed by atoms with Crippen molar-refractivity contribution >= 4 is 5.82 Å². The van der Waals surface area contributed by atoms with Gasteiger partial charge in [-0.1, -0.05) is 30.3 Å². The molecular weight excluding hydrogens is 210 g/mol. The molecule has 0 aliphatic rings. The van der Waals surface area contributed by atoms with E-state index in [-0.39, 0.29) is 0 Å². The zero-order valence-electron chi connectivity index (χ0n) is 10.3. The third-order valence-electron chi connectivity index (χ3n) is 2.75. The first-order chi connectivity index (χ1) is 8.34. The van der Waals surface area contributed by atoms with E-state index in [0.29, 0.717) is 0 Å². The molecule has 0 saturated heterocycles. The van der Waals surface area contributed by atoms with Crippen molar-refractivity contribution in [3.8, 4) is 0 Å². The fourth-order valence-corrected chi connectivity index (χ4v) is 1.82. The Morgan fingerprint density at radius 2 is 1.94 bits per heavy atom. The lowest BCUT2D eigenvalue weighted by Gasteiger charge is -2.03. The van der Waals surface area contributed by atoms with Crippen molar-refractivity contribution in [2.75, 3.05) is 11.9 Å². The lowest BCUT2D eigenvalue weighted by Crippen LogP contribution is -2.03. The average Bonchev–Trinajstić information content (AvgIpc) is 2.76. The first-order valence-electron chi connectivity index (χ1n) is 6.12. The number of hydrogen-bond acceptors (Lipinski definition) is 2. The number of aryl methyl sites for hydroxylation is 2. The maximum absolute atomic E-state index is 4.27. The summed E-state index contributed by atoms with van der Waals surface area (Å²) in [5, 5.41) is 7.59. The van der Waals surface area contributed by atoms with E-state index >= 15 is 0 Å². The molecule has 17 heavy (non-hydrogen) atoms. The highest BCUT2D eigenvalue weighted by Crippen LogP contribution is 2.05. The zero-order valence-corrected chi connectivity index (χ0v) is 10.3. The van der Waals surface area contributed by atoms with Crippen LogP contribution < -0.4 is 5.32 Å². The molecule has 2 aromatic rings. The van der Waals surface area contributed by atoms with E-state index in [2.05, 4.69) is 40.7 Å². The highest BCUT2D eigenvalue weighted by molar-refractivity contribution is 5.31. The van der Waals surface area contributed by atoms with Crippen LogP contribution in [0.15, 0.2) is 42.6 Å². The number of hydrogen-bond donors (Lipinski definition) is 1. The Bertz CT molecular complexity index is 434. The summed E-state index contributed by atoms with van der Waals surface area (Å²) in [4.78, 5) is 0. The monoisotopic (exact) mass is 229 g/mol. The molecule has 0 bridgehead atoms. The number of aromatic nitrogens is 2. The van der Waals surface area contributed by atoms with Gasteiger partial charge in [0.15, 0.2) is 0 Å². The molecule has 1 N–H and O–H groups in total. The second-order valence-electron chi connectivity index (χ2n) is 4.24. The minimum Gasteiger partial charge on any atom is -0.369 e. The molecule has 0 aliphatic heterocycles. The molecule has 1 aromatic carbocycles. The van der Waals surface area contributed by atoms with Gasteiger partial charge < -0.3 is 5.32 Å². The Morgan fingerprint density at radius 1 is 1.12 bits per heavy atom. The number of nitrogens with zero attached hydrogens (tertiary/aromatic N) is 2. The zero-order chi connectivity index (χ0) is 11.9. The van der Waals surface area contributed by atoms with Crippen LogP contribution in [0.25, 0.3) is 0 Å². The molecule has 0 atom stereocenters. The van der Waals surface area contributed by atoms with E-state index in [9.17, 15) is 0 Å². The van der Waals surface area contributed by atoms with Gasteiger partial charge in [-0.05, 0) is 24.8 Å². The Labute approximate surface area is 102 Å². The van der Waals surface area contributed by atoms with Crippen LogP contribution in [0.3, 0.4) is 0 Å². The average molecular weight is 229 g/mol. The number of anilines is 1. The van der Waals surface area contributed by atoms with Gasteiger partial charge in [-0.15, -0.1) is 0 Å². The molecule has 0 fully saturated rings. The van der Waals surface area contributed by atoms with Gasteiger partial charge in [0.1, 0.15) is 5.82 Å². The summed E-state index contributed by atoms with van der Waals surface area (Å²) >= 11 is 0. The molecule has 3 heteroatoms. The molecule has 90 valence electrons. The van der Waals surface area contributed by atoms with Gasteiger partial charge in [-0.3, -0.25) is 4.68 Å². The van der Waals surface area contributed by atoms with Crippen LogP contribution in [0.2, 0.25) is 0 Å². The summed E-state index contributed by atoms with van der Waals surface area (Å²) in [6.07, 6.45) is 5.49. The Balaban J connectivity index is 1.61. The molecule has 0 saturated carbocycles. The Hall–Kier alpha value is -1.77.